The highest BCUT2D eigenvalue weighted by atomic mass is 127. The van der Waals surface area contributed by atoms with Gasteiger partial charge in [0.1, 0.15) is 11.0 Å². The molecule has 1 aromatic heterocycles. The Kier molecular flexibility index (Phi) is 5.54. The fourth-order valence-corrected chi connectivity index (χ4v) is 2.36. The van der Waals surface area contributed by atoms with Gasteiger partial charge >= 0.3 is 0 Å². The molecule has 0 N–H and O–H groups in total. The molecule has 2 rings (SSSR count). The summed E-state index contributed by atoms with van der Waals surface area (Å²) in [6.45, 7) is 0.457. The molecule has 0 radical (unpaired) electrons. The van der Waals surface area contributed by atoms with Crippen LogP contribution in [-0.4, -0.2) is 17.1 Å². The number of rotatable bonds is 5. The van der Waals surface area contributed by atoms with E-state index in [-0.39, 0.29) is 0 Å². The van der Waals surface area contributed by atoms with E-state index in [1.54, 1.807) is 7.11 Å². The molecule has 0 atom stereocenters. The van der Waals surface area contributed by atoms with Crippen molar-refractivity contribution >= 4 is 34.2 Å². The van der Waals surface area contributed by atoms with E-state index >= 15 is 0 Å². The molecular formula is C14H14ClIN2O. The van der Waals surface area contributed by atoms with Gasteiger partial charge in [-0.1, -0.05) is 41.9 Å². The first-order chi connectivity index (χ1) is 9.20. The van der Waals surface area contributed by atoms with Crippen molar-refractivity contribution in [2.45, 2.75) is 19.4 Å². The van der Waals surface area contributed by atoms with Crippen molar-refractivity contribution in [3.05, 3.63) is 56.1 Å². The average molecular weight is 389 g/mol. The second-order valence-electron chi connectivity index (χ2n) is 4.11. The van der Waals surface area contributed by atoms with E-state index in [0.717, 1.165) is 27.9 Å². The summed E-state index contributed by atoms with van der Waals surface area (Å²) < 4.78 is 5.99. The summed E-state index contributed by atoms with van der Waals surface area (Å²) in [7, 11) is 1.65. The van der Waals surface area contributed by atoms with Gasteiger partial charge in [0.2, 0.25) is 0 Å². The summed E-state index contributed by atoms with van der Waals surface area (Å²) >= 11 is 8.27. The SMILES string of the molecule is COCc1nc(CCc2ccccc2)nc(Cl)c1I. The standard InChI is InChI=1S/C14H14ClIN2O/c1-19-9-11-13(16)14(15)18-12(17-11)8-7-10-5-3-2-4-6-10/h2-6H,7-9H2,1H3. The quantitative estimate of drug-likeness (QED) is 0.579. The number of hydrogen-bond donors (Lipinski definition) is 0. The number of benzene rings is 1. The molecule has 3 nitrogen and oxygen atoms in total. The van der Waals surface area contributed by atoms with E-state index in [2.05, 4.69) is 44.7 Å². The molecule has 0 unspecified atom stereocenters. The maximum Gasteiger partial charge on any atom is 0.146 e. The molecule has 1 aromatic carbocycles. The number of nitrogens with zero attached hydrogens (tertiary/aromatic N) is 2. The predicted octanol–water partition coefficient (Wildman–Crippen LogP) is 3.67. The predicted molar refractivity (Wildman–Crippen MR) is 84.3 cm³/mol. The first-order valence-electron chi connectivity index (χ1n) is 5.94. The second kappa shape index (κ2) is 7.17. The van der Waals surface area contributed by atoms with Crippen LogP contribution in [0.1, 0.15) is 17.1 Å². The summed E-state index contributed by atoms with van der Waals surface area (Å²) in [5.41, 5.74) is 2.13. The third-order valence-corrected chi connectivity index (χ3v) is 4.41. The number of ether oxygens (including phenoxy) is 1. The molecule has 19 heavy (non-hydrogen) atoms. The van der Waals surface area contributed by atoms with Crippen LogP contribution in [0, 0.1) is 3.57 Å². The third-order valence-electron chi connectivity index (χ3n) is 2.69. The normalized spacial score (nSPS) is 10.7. The smallest absolute Gasteiger partial charge is 0.146 e. The van der Waals surface area contributed by atoms with Gasteiger partial charge < -0.3 is 4.74 Å². The largest absolute Gasteiger partial charge is 0.378 e. The highest BCUT2D eigenvalue weighted by Gasteiger charge is 2.10. The van der Waals surface area contributed by atoms with E-state index in [1.165, 1.54) is 5.56 Å². The maximum atomic E-state index is 6.12. The lowest BCUT2D eigenvalue weighted by molar-refractivity contribution is 0.180. The van der Waals surface area contributed by atoms with E-state index in [0.29, 0.717) is 11.8 Å². The Balaban J connectivity index is 2.12. The number of halogens is 2. The first-order valence-corrected chi connectivity index (χ1v) is 7.40. The molecular weight excluding hydrogens is 375 g/mol. The second-order valence-corrected chi connectivity index (χ2v) is 5.55. The molecule has 0 spiro atoms. The fraction of sp³-hybridized carbons (Fsp3) is 0.286. The van der Waals surface area contributed by atoms with Crippen LogP contribution >= 0.6 is 34.2 Å². The van der Waals surface area contributed by atoms with E-state index in [1.807, 2.05) is 18.2 Å². The van der Waals surface area contributed by atoms with Crippen LogP contribution < -0.4 is 0 Å². The molecule has 2 aromatic rings. The Morgan fingerprint density at radius 3 is 2.58 bits per heavy atom. The van der Waals surface area contributed by atoms with Crippen LogP contribution in [0.5, 0.6) is 0 Å². The topological polar surface area (TPSA) is 35.0 Å². The minimum absolute atomic E-state index is 0.457. The Bertz CT molecular complexity index is 549. The molecule has 0 aliphatic rings. The van der Waals surface area contributed by atoms with Gasteiger partial charge in [-0.2, -0.15) is 0 Å². The number of aromatic nitrogens is 2. The van der Waals surface area contributed by atoms with Crippen LogP contribution in [0.3, 0.4) is 0 Å². The van der Waals surface area contributed by atoms with Gasteiger partial charge in [0.05, 0.1) is 15.9 Å². The highest BCUT2D eigenvalue weighted by Crippen LogP contribution is 2.20. The van der Waals surface area contributed by atoms with Crippen LogP contribution in [-0.2, 0) is 24.2 Å². The lowest BCUT2D eigenvalue weighted by atomic mass is 10.1. The fourth-order valence-electron chi connectivity index (χ4n) is 1.76. The summed E-state index contributed by atoms with van der Waals surface area (Å²) in [6.07, 6.45) is 1.68. The molecule has 1 heterocycles. The molecule has 0 fully saturated rings. The molecule has 0 saturated carbocycles. The van der Waals surface area contributed by atoms with Crippen molar-refractivity contribution in [1.82, 2.24) is 9.97 Å². The molecule has 0 amide bonds. The first kappa shape index (κ1) is 14.7. The van der Waals surface area contributed by atoms with Crippen molar-refractivity contribution in [3.8, 4) is 0 Å². The number of aryl methyl sites for hydroxylation is 2. The van der Waals surface area contributed by atoms with Crippen LogP contribution in [0.25, 0.3) is 0 Å². The van der Waals surface area contributed by atoms with Crippen molar-refractivity contribution < 1.29 is 4.74 Å². The Hall–Kier alpha value is -0.720. The van der Waals surface area contributed by atoms with E-state index in [4.69, 9.17) is 16.3 Å². The summed E-state index contributed by atoms with van der Waals surface area (Å²) in [5.74, 6) is 0.765. The summed E-state index contributed by atoms with van der Waals surface area (Å²) in [4.78, 5) is 8.83. The van der Waals surface area contributed by atoms with E-state index in [9.17, 15) is 0 Å². The van der Waals surface area contributed by atoms with Gasteiger partial charge in [-0.05, 0) is 34.6 Å². The van der Waals surface area contributed by atoms with Gasteiger partial charge in [0, 0.05) is 13.5 Å². The molecule has 100 valence electrons. The third kappa shape index (κ3) is 4.12. The zero-order chi connectivity index (χ0) is 13.7. The molecule has 0 aliphatic carbocycles. The molecule has 0 aliphatic heterocycles. The average Bonchev–Trinajstić information content (AvgIpc) is 2.43. The Morgan fingerprint density at radius 2 is 1.89 bits per heavy atom. The van der Waals surface area contributed by atoms with Crippen LogP contribution in [0.4, 0.5) is 0 Å². The Labute approximate surface area is 131 Å². The lowest BCUT2D eigenvalue weighted by Gasteiger charge is -2.07. The van der Waals surface area contributed by atoms with Crippen LogP contribution in [0.2, 0.25) is 5.15 Å². The number of methoxy groups -OCH3 is 1. The zero-order valence-electron chi connectivity index (χ0n) is 10.6. The molecule has 0 saturated heterocycles. The maximum absolute atomic E-state index is 6.12. The van der Waals surface area contributed by atoms with Crippen molar-refractivity contribution in [1.29, 1.82) is 0 Å². The summed E-state index contributed by atoms with van der Waals surface area (Å²) in [6, 6.07) is 10.3. The van der Waals surface area contributed by atoms with Crippen molar-refractivity contribution in [3.63, 3.8) is 0 Å². The minimum Gasteiger partial charge on any atom is -0.378 e. The van der Waals surface area contributed by atoms with Gasteiger partial charge in [0.15, 0.2) is 0 Å². The Morgan fingerprint density at radius 1 is 1.16 bits per heavy atom. The monoisotopic (exact) mass is 388 g/mol. The lowest BCUT2D eigenvalue weighted by Crippen LogP contribution is -2.06. The van der Waals surface area contributed by atoms with Gasteiger partial charge in [0.25, 0.3) is 0 Å². The molecule has 5 heteroatoms. The van der Waals surface area contributed by atoms with Crippen LogP contribution in [0.15, 0.2) is 30.3 Å². The van der Waals surface area contributed by atoms with Gasteiger partial charge in [-0.25, -0.2) is 9.97 Å². The number of hydrogen-bond acceptors (Lipinski definition) is 3. The molecule has 0 bridgehead atoms. The van der Waals surface area contributed by atoms with Crippen molar-refractivity contribution in [2.75, 3.05) is 7.11 Å². The van der Waals surface area contributed by atoms with Crippen molar-refractivity contribution in [2.24, 2.45) is 0 Å². The van der Waals surface area contributed by atoms with Gasteiger partial charge in [-0.3, -0.25) is 0 Å². The van der Waals surface area contributed by atoms with Gasteiger partial charge in [-0.15, -0.1) is 0 Å². The van der Waals surface area contributed by atoms with E-state index < -0.39 is 0 Å². The minimum atomic E-state index is 0.457. The zero-order valence-corrected chi connectivity index (χ0v) is 13.5. The highest BCUT2D eigenvalue weighted by molar-refractivity contribution is 14.1. The summed E-state index contributed by atoms with van der Waals surface area (Å²) in [5, 5.41) is 0.505.